The second-order valence-corrected chi connectivity index (χ2v) is 12.8. The number of amides is 2. The lowest BCUT2D eigenvalue weighted by atomic mass is 10.0. The molecule has 218 valence electrons. The van der Waals surface area contributed by atoms with Gasteiger partial charge in [-0.25, -0.2) is 8.42 Å². The number of hydrogen-bond acceptors (Lipinski definition) is 4. The predicted molar refractivity (Wildman–Crippen MR) is 164 cm³/mol. The number of benzene rings is 3. The van der Waals surface area contributed by atoms with Gasteiger partial charge in [0.25, 0.3) is 0 Å². The summed E-state index contributed by atoms with van der Waals surface area (Å²) in [6, 6.07) is 23.9. The molecule has 4 rings (SSSR count). The van der Waals surface area contributed by atoms with Crippen LogP contribution in [0.4, 0.5) is 5.69 Å². The van der Waals surface area contributed by atoms with Gasteiger partial charge in [0.1, 0.15) is 12.6 Å². The van der Waals surface area contributed by atoms with Gasteiger partial charge in [0.15, 0.2) is 0 Å². The molecule has 2 amide bonds. The fourth-order valence-corrected chi connectivity index (χ4v) is 6.25. The molecule has 1 aliphatic carbocycles. The molecule has 1 fully saturated rings. The van der Waals surface area contributed by atoms with Crippen LogP contribution in [0, 0.1) is 6.92 Å². The third-order valence-electron chi connectivity index (χ3n) is 7.89. The van der Waals surface area contributed by atoms with Gasteiger partial charge in [-0.2, -0.15) is 0 Å². The molecule has 0 aromatic heterocycles. The molecule has 41 heavy (non-hydrogen) atoms. The van der Waals surface area contributed by atoms with E-state index in [1.54, 1.807) is 17.0 Å². The Kier molecular flexibility index (Phi) is 10.2. The topological polar surface area (TPSA) is 86.8 Å². The number of hydrogen-bond donors (Lipinski definition) is 1. The zero-order chi connectivity index (χ0) is 29.4. The van der Waals surface area contributed by atoms with E-state index < -0.39 is 28.5 Å². The van der Waals surface area contributed by atoms with Crippen molar-refractivity contribution in [2.75, 3.05) is 17.1 Å². The summed E-state index contributed by atoms with van der Waals surface area (Å²) < 4.78 is 27.0. The van der Waals surface area contributed by atoms with Crippen molar-refractivity contribution < 1.29 is 18.0 Å². The van der Waals surface area contributed by atoms with Crippen LogP contribution < -0.4 is 9.62 Å². The number of rotatable bonds is 12. The van der Waals surface area contributed by atoms with E-state index in [0.717, 1.165) is 64.9 Å². The van der Waals surface area contributed by atoms with Crippen LogP contribution in [0.2, 0.25) is 0 Å². The molecule has 0 radical (unpaired) electrons. The van der Waals surface area contributed by atoms with Crippen LogP contribution in [-0.4, -0.2) is 50.0 Å². The number of nitrogens with zero attached hydrogens (tertiary/aromatic N) is 2. The van der Waals surface area contributed by atoms with E-state index in [9.17, 15) is 18.0 Å². The van der Waals surface area contributed by atoms with Crippen LogP contribution in [0.3, 0.4) is 0 Å². The van der Waals surface area contributed by atoms with Crippen LogP contribution in [0.25, 0.3) is 0 Å². The smallest absolute Gasteiger partial charge is 0.244 e. The summed E-state index contributed by atoms with van der Waals surface area (Å²) in [6.45, 7) is 3.78. The zero-order valence-corrected chi connectivity index (χ0v) is 25.1. The fraction of sp³-hybridized carbons (Fsp3) is 0.394. The molecular formula is C33H41N3O4S. The average molecular weight is 576 g/mol. The summed E-state index contributed by atoms with van der Waals surface area (Å²) in [5.41, 5.74) is 4.32. The molecule has 7 nitrogen and oxygen atoms in total. The molecule has 0 bridgehead atoms. The molecule has 1 N–H and O–H groups in total. The van der Waals surface area contributed by atoms with Crippen molar-refractivity contribution in [3.05, 3.63) is 101 Å². The number of nitrogens with one attached hydrogen (secondary N) is 1. The molecule has 1 unspecified atom stereocenters. The Morgan fingerprint density at radius 3 is 2.15 bits per heavy atom. The van der Waals surface area contributed by atoms with Crippen LogP contribution in [0.5, 0.6) is 0 Å². The van der Waals surface area contributed by atoms with Crippen molar-refractivity contribution >= 4 is 27.5 Å². The quantitative estimate of drug-likeness (QED) is 0.329. The lowest BCUT2D eigenvalue weighted by Gasteiger charge is -2.34. The first-order valence-electron chi connectivity index (χ1n) is 14.4. The van der Waals surface area contributed by atoms with Crippen molar-refractivity contribution in [1.82, 2.24) is 10.2 Å². The fourth-order valence-electron chi connectivity index (χ4n) is 5.40. The molecule has 0 aliphatic heterocycles. The van der Waals surface area contributed by atoms with Crippen LogP contribution in [0.15, 0.2) is 78.9 Å². The third-order valence-corrected chi connectivity index (χ3v) is 9.03. The summed E-state index contributed by atoms with van der Waals surface area (Å²) in [5, 5.41) is 3.20. The second-order valence-electron chi connectivity index (χ2n) is 10.9. The van der Waals surface area contributed by atoms with Crippen molar-refractivity contribution in [3.63, 3.8) is 0 Å². The highest BCUT2D eigenvalue weighted by molar-refractivity contribution is 7.92. The standard InChI is InChI=1S/C33H41N3O4S/c1-4-26-18-20-30(21-19-26)36(41(3,39)40)24-32(37)35(23-28-15-9-8-12-25(28)2)31(22-27-13-6-5-7-14-27)33(38)34-29-16-10-11-17-29/h5-9,12-15,18-21,29,31H,4,10-11,16-17,22-24H2,1-3H3,(H,34,38). The molecule has 1 atom stereocenters. The molecule has 8 heteroatoms. The number of carbonyl (C=O) groups excluding carboxylic acids is 2. The van der Waals surface area contributed by atoms with E-state index in [1.807, 2.05) is 80.6 Å². The average Bonchev–Trinajstić information content (AvgIpc) is 3.47. The normalized spacial score (nSPS) is 14.4. The molecule has 3 aromatic carbocycles. The zero-order valence-electron chi connectivity index (χ0n) is 24.3. The summed E-state index contributed by atoms with van der Waals surface area (Å²) >= 11 is 0. The SMILES string of the molecule is CCc1ccc(N(CC(=O)N(Cc2ccccc2C)C(Cc2ccccc2)C(=O)NC2CCCC2)S(C)(=O)=O)cc1. The van der Waals surface area contributed by atoms with E-state index in [4.69, 9.17) is 0 Å². The Morgan fingerprint density at radius 2 is 1.54 bits per heavy atom. The summed E-state index contributed by atoms with van der Waals surface area (Å²) in [6.07, 6.45) is 6.23. The highest BCUT2D eigenvalue weighted by Gasteiger charge is 2.34. The Morgan fingerprint density at radius 1 is 0.902 bits per heavy atom. The lowest BCUT2D eigenvalue weighted by Crippen LogP contribution is -2.54. The second kappa shape index (κ2) is 13.8. The van der Waals surface area contributed by atoms with E-state index in [2.05, 4.69) is 5.32 Å². The number of aryl methyl sites for hydroxylation is 2. The van der Waals surface area contributed by atoms with E-state index in [0.29, 0.717) is 12.1 Å². The summed E-state index contributed by atoms with van der Waals surface area (Å²) in [7, 11) is -3.79. The minimum atomic E-state index is -3.79. The first-order valence-corrected chi connectivity index (χ1v) is 16.3. The van der Waals surface area contributed by atoms with Gasteiger partial charge in [-0.15, -0.1) is 0 Å². The number of anilines is 1. The van der Waals surface area contributed by atoms with Crippen molar-refractivity contribution in [2.45, 2.75) is 71.0 Å². The van der Waals surface area contributed by atoms with E-state index in [1.165, 1.54) is 0 Å². The summed E-state index contributed by atoms with van der Waals surface area (Å²) in [4.78, 5) is 29.7. The maximum atomic E-state index is 14.2. The number of carbonyl (C=O) groups is 2. The molecular weight excluding hydrogens is 534 g/mol. The maximum Gasteiger partial charge on any atom is 0.244 e. The first-order chi connectivity index (χ1) is 19.7. The van der Waals surface area contributed by atoms with Gasteiger partial charge in [0, 0.05) is 19.0 Å². The Labute approximate surface area is 244 Å². The van der Waals surface area contributed by atoms with E-state index in [-0.39, 0.29) is 18.5 Å². The minimum absolute atomic E-state index is 0.0841. The van der Waals surface area contributed by atoms with Crippen molar-refractivity contribution in [3.8, 4) is 0 Å². The van der Waals surface area contributed by atoms with Gasteiger partial charge in [-0.1, -0.05) is 86.5 Å². The van der Waals surface area contributed by atoms with Gasteiger partial charge in [0.2, 0.25) is 21.8 Å². The minimum Gasteiger partial charge on any atom is -0.352 e. The first kappa shape index (κ1) is 30.3. The van der Waals surface area contributed by atoms with Gasteiger partial charge in [-0.3, -0.25) is 13.9 Å². The maximum absolute atomic E-state index is 14.2. The monoisotopic (exact) mass is 575 g/mol. The molecule has 0 heterocycles. The van der Waals surface area contributed by atoms with Crippen molar-refractivity contribution in [2.24, 2.45) is 0 Å². The predicted octanol–water partition coefficient (Wildman–Crippen LogP) is 5.02. The Bertz CT molecular complexity index is 1420. The highest BCUT2D eigenvalue weighted by Crippen LogP contribution is 2.23. The van der Waals surface area contributed by atoms with Gasteiger partial charge in [-0.05, 0) is 60.6 Å². The lowest BCUT2D eigenvalue weighted by molar-refractivity contribution is -0.140. The van der Waals surface area contributed by atoms with Gasteiger partial charge < -0.3 is 10.2 Å². The number of sulfonamides is 1. The van der Waals surface area contributed by atoms with Crippen LogP contribution in [0.1, 0.15) is 54.9 Å². The molecule has 1 saturated carbocycles. The molecule has 0 saturated heterocycles. The highest BCUT2D eigenvalue weighted by atomic mass is 32.2. The summed E-state index contributed by atoms with van der Waals surface area (Å²) in [5.74, 6) is -0.637. The van der Waals surface area contributed by atoms with Gasteiger partial charge >= 0.3 is 0 Å². The molecule has 3 aromatic rings. The largest absolute Gasteiger partial charge is 0.352 e. The van der Waals surface area contributed by atoms with Crippen molar-refractivity contribution in [1.29, 1.82) is 0 Å². The Hall–Kier alpha value is -3.65. The Balaban J connectivity index is 1.72. The van der Waals surface area contributed by atoms with Gasteiger partial charge in [0.05, 0.1) is 11.9 Å². The molecule has 0 spiro atoms. The third kappa shape index (κ3) is 8.19. The molecule has 1 aliphatic rings. The van der Waals surface area contributed by atoms with E-state index >= 15 is 0 Å². The van der Waals surface area contributed by atoms with Crippen LogP contribution in [-0.2, 0) is 39.0 Å². The van der Waals surface area contributed by atoms with Crippen LogP contribution >= 0.6 is 0 Å².